The van der Waals surface area contributed by atoms with E-state index in [2.05, 4.69) is 15.2 Å². The highest BCUT2D eigenvalue weighted by Crippen LogP contribution is 2.38. The average molecular weight is 359 g/mol. The summed E-state index contributed by atoms with van der Waals surface area (Å²) in [7, 11) is 0. The highest BCUT2D eigenvalue weighted by Gasteiger charge is 2.38. The van der Waals surface area contributed by atoms with Gasteiger partial charge in [0.1, 0.15) is 12.0 Å². The Hall–Kier alpha value is -1.60. The molecule has 0 radical (unpaired) electrons. The molecule has 1 aromatic heterocycles. The first-order valence-corrected chi connectivity index (χ1v) is 9.92. The van der Waals surface area contributed by atoms with Gasteiger partial charge in [-0.3, -0.25) is 9.69 Å². The van der Waals surface area contributed by atoms with E-state index in [-0.39, 0.29) is 18.5 Å². The Morgan fingerprint density at radius 2 is 2.15 bits per heavy atom. The molecule has 3 aliphatic heterocycles. The van der Waals surface area contributed by atoms with Gasteiger partial charge in [-0.1, -0.05) is 0 Å². The molecule has 0 bridgehead atoms. The van der Waals surface area contributed by atoms with E-state index in [1.807, 2.05) is 6.20 Å². The zero-order valence-electron chi connectivity index (χ0n) is 15.0. The van der Waals surface area contributed by atoms with Gasteiger partial charge in [-0.15, -0.1) is 0 Å². The molecule has 3 fully saturated rings. The lowest BCUT2D eigenvalue weighted by Crippen LogP contribution is -2.42. The molecule has 0 spiro atoms. The van der Waals surface area contributed by atoms with Gasteiger partial charge < -0.3 is 10.2 Å². The normalized spacial score (nSPS) is 32.0. The quantitative estimate of drug-likeness (QED) is 0.873. The summed E-state index contributed by atoms with van der Waals surface area (Å²) in [6.07, 6.45) is 5.87. The number of carbonyl (C=O) groups excluding carboxylic acids is 1. The predicted molar refractivity (Wildman–Crippen MR) is 94.4 cm³/mol. The number of amides is 1. The van der Waals surface area contributed by atoms with Gasteiger partial charge in [-0.2, -0.15) is 0 Å². The summed E-state index contributed by atoms with van der Waals surface area (Å²) < 4.78 is 13.4. The molecule has 1 aromatic rings. The molecule has 4 heterocycles. The molecule has 7 heteroatoms. The van der Waals surface area contributed by atoms with Crippen molar-refractivity contribution >= 4 is 5.91 Å². The van der Waals surface area contributed by atoms with E-state index in [9.17, 15) is 9.18 Å². The summed E-state index contributed by atoms with van der Waals surface area (Å²) in [4.78, 5) is 26.1. The fourth-order valence-electron chi connectivity index (χ4n) is 4.52. The molecule has 1 saturated carbocycles. The lowest BCUT2D eigenvalue weighted by atomic mass is 10.0. The highest BCUT2D eigenvalue weighted by molar-refractivity contribution is 5.82. The zero-order chi connectivity index (χ0) is 17.7. The summed E-state index contributed by atoms with van der Waals surface area (Å²) in [5.41, 5.74) is 2.44. The topological polar surface area (TPSA) is 61.4 Å². The van der Waals surface area contributed by atoms with Gasteiger partial charge >= 0.3 is 0 Å². The summed E-state index contributed by atoms with van der Waals surface area (Å²) >= 11 is 0. The Bertz CT molecular complexity index is 709. The van der Waals surface area contributed by atoms with E-state index in [0.717, 1.165) is 38.3 Å². The molecule has 0 aromatic carbocycles. The minimum atomic E-state index is -0.852. The second-order valence-electron chi connectivity index (χ2n) is 8.22. The van der Waals surface area contributed by atoms with Crippen molar-refractivity contribution in [3.63, 3.8) is 0 Å². The monoisotopic (exact) mass is 359 g/mol. The third-order valence-corrected chi connectivity index (χ3v) is 6.29. The molecule has 1 aliphatic carbocycles. The molecule has 6 nitrogen and oxygen atoms in total. The van der Waals surface area contributed by atoms with E-state index in [0.29, 0.717) is 24.9 Å². The first-order valence-electron chi connectivity index (χ1n) is 9.92. The Kier molecular flexibility index (Phi) is 4.16. The number of nitrogens with zero attached hydrogens (tertiary/aromatic N) is 4. The lowest BCUT2D eigenvalue weighted by molar-refractivity contribution is -0.132. The first kappa shape index (κ1) is 16.6. The molecule has 3 atom stereocenters. The van der Waals surface area contributed by atoms with Crippen LogP contribution in [0.25, 0.3) is 0 Å². The number of halogens is 1. The van der Waals surface area contributed by atoms with Crippen molar-refractivity contribution in [2.75, 3.05) is 26.2 Å². The van der Waals surface area contributed by atoms with Crippen LogP contribution in [-0.4, -0.2) is 70.1 Å². The van der Waals surface area contributed by atoms with Gasteiger partial charge in [0.15, 0.2) is 0 Å². The second-order valence-corrected chi connectivity index (χ2v) is 8.22. The minimum Gasteiger partial charge on any atom is -0.338 e. The Morgan fingerprint density at radius 1 is 1.27 bits per heavy atom. The number of likely N-dealkylation sites (tertiary alicyclic amines) is 1. The van der Waals surface area contributed by atoms with Crippen LogP contribution < -0.4 is 5.32 Å². The maximum absolute atomic E-state index is 13.4. The minimum absolute atomic E-state index is 0.0717. The molecule has 2 saturated heterocycles. The molecule has 1 N–H and O–H groups in total. The standard InChI is InChI=1S/C19H26FN5O/c20-14-3-5-25(11-14)19(26)17-7-15(9-21-17)24-6-4-16-13(10-24)8-22-18(23-16)12-1-2-12/h8,12,14-15,17,21H,1-7,9-11H2/t14?,15-,17-/m0/s1. The predicted octanol–water partition coefficient (Wildman–Crippen LogP) is 1.01. The first-order chi connectivity index (χ1) is 12.7. The van der Waals surface area contributed by atoms with Crippen molar-refractivity contribution in [1.29, 1.82) is 0 Å². The Labute approximate surface area is 153 Å². The number of fused-ring (bicyclic) bond motifs is 1. The van der Waals surface area contributed by atoms with Crippen molar-refractivity contribution in [3.8, 4) is 0 Å². The van der Waals surface area contributed by atoms with Gasteiger partial charge in [0.25, 0.3) is 0 Å². The third-order valence-electron chi connectivity index (χ3n) is 6.29. The van der Waals surface area contributed by atoms with E-state index in [4.69, 9.17) is 4.98 Å². The van der Waals surface area contributed by atoms with Gasteiger partial charge in [0, 0.05) is 62.0 Å². The molecular formula is C19H26FN5O. The van der Waals surface area contributed by atoms with Crippen molar-refractivity contribution in [2.24, 2.45) is 0 Å². The van der Waals surface area contributed by atoms with Crippen LogP contribution in [0, 0.1) is 0 Å². The van der Waals surface area contributed by atoms with Crippen molar-refractivity contribution in [2.45, 2.75) is 62.8 Å². The lowest BCUT2D eigenvalue weighted by Gasteiger charge is -2.32. The van der Waals surface area contributed by atoms with Crippen molar-refractivity contribution in [3.05, 3.63) is 23.3 Å². The highest BCUT2D eigenvalue weighted by atomic mass is 19.1. The van der Waals surface area contributed by atoms with Crippen LogP contribution in [0.4, 0.5) is 4.39 Å². The molecule has 4 aliphatic rings. The van der Waals surface area contributed by atoms with E-state index < -0.39 is 6.17 Å². The van der Waals surface area contributed by atoms with Crippen LogP contribution in [0.2, 0.25) is 0 Å². The Morgan fingerprint density at radius 3 is 2.92 bits per heavy atom. The number of alkyl halides is 1. The van der Waals surface area contributed by atoms with Crippen LogP contribution in [0.15, 0.2) is 6.20 Å². The maximum Gasteiger partial charge on any atom is 0.239 e. The smallest absolute Gasteiger partial charge is 0.239 e. The van der Waals surface area contributed by atoms with E-state index in [1.54, 1.807) is 4.90 Å². The summed E-state index contributed by atoms with van der Waals surface area (Å²) in [5.74, 6) is 1.70. The number of nitrogens with one attached hydrogen (secondary N) is 1. The van der Waals surface area contributed by atoms with Gasteiger partial charge in [0.2, 0.25) is 5.91 Å². The van der Waals surface area contributed by atoms with Crippen LogP contribution in [0.1, 0.15) is 48.7 Å². The fraction of sp³-hybridized carbons (Fsp3) is 0.737. The second kappa shape index (κ2) is 6.53. The SMILES string of the molecule is O=C([C@@H]1C[C@H](N2CCc3nc(C4CC4)ncc3C2)CN1)N1CCC(F)C1. The fourth-order valence-corrected chi connectivity index (χ4v) is 4.52. The maximum atomic E-state index is 13.4. The van der Waals surface area contributed by atoms with Gasteiger partial charge in [0.05, 0.1) is 12.6 Å². The number of carbonyl (C=O) groups is 1. The Balaban J connectivity index is 1.21. The summed E-state index contributed by atoms with van der Waals surface area (Å²) in [5, 5.41) is 3.37. The van der Waals surface area contributed by atoms with E-state index in [1.165, 1.54) is 24.1 Å². The van der Waals surface area contributed by atoms with Crippen molar-refractivity contribution in [1.82, 2.24) is 25.1 Å². The molecule has 26 heavy (non-hydrogen) atoms. The van der Waals surface area contributed by atoms with Crippen LogP contribution in [0.5, 0.6) is 0 Å². The molecule has 1 amide bonds. The molecular weight excluding hydrogens is 333 g/mol. The molecule has 1 unspecified atom stereocenters. The van der Waals surface area contributed by atoms with Crippen LogP contribution >= 0.6 is 0 Å². The zero-order valence-corrected chi connectivity index (χ0v) is 15.0. The number of hydrogen-bond donors (Lipinski definition) is 1. The van der Waals surface area contributed by atoms with Gasteiger partial charge in [-0.05, 0) is 25.7 Å². The average Bonchev–Trinajstić information content (AvgIpc) is 3.23. The van der Waals surface area contributed by atoms with E-state index >= 15 is 0 Å². The number of rotatable bonds is 3. The number of hydrogen-bond acceptors (Lipinski definition) is 5. The van der Waals surface area contributed by atoms with Crippen LogP contribution in [-0.2, 0) is 17.8 Å². The largest absolute Gasteiger partial charge is 0.338 e. The molecule has 5 rings (SSSR count). The van der Waals surface area contributed by atoms with Crippen LogP contribution in [0.3, 0.4) is 0 Å². The third kappa shape index (κ3) is 3.11. The molecule has 140 valence electrons. The number of aromatic nitrogens is 2. The summed E-state index contributed by atoms with van der Waals surface area (Å²) in [6.45, 7) is 3.49. The van der Waals surface area contributed by atoms with Gasteiger partial charge in [-0.25, -0.2) is 14.4 Å². The summed E-state index contributed by atoms with van der Waals surface area (Å²) in [6, 6.07) is 0.184. The van der Waals surface area contributed by atoms with Crippen molar-refractivity contribution < 1.29 is 9.18 Å².